The Bertz CT molecular complexity index is 1040. The summed E-state index contributed by atoms with van der Waals surface area (Å²) in [7, 11) is 1.75. The molecule has 1 atom stereocenters. The minimum atomic E-state index is -2.84. The third-order valence-electron chi connectivity index (χ3n) is 5.54. The highest BCUT2D eigenvalue weighted by Crippen LogP contribution is 2.31. The molecule has 1 aromatic heterocycles. The number of hydrogen-bond donors (Lipinski definition) is 3. The number of nitrogens with one attached hydrogen (secondary N) is 3. The molecule has 0 amide bonds. The SMILES string of the molecule is CN=C(NCCc1c[nH]c2ccccc12)NC1CCN(c2ccccc2OC(F)F)C1.I. The summed E-state index contributed by atoms with van der Waals surface area (Å²) in [6.45, 7) is -0.638. The lowest BCUT2D eigenvalue weighted by Crippen LogP contribution is -2.45. The summed E-state index contributed by atoms with van der Waals surface area (Å²) in [6.07, 6.45) is 3.81. The first-order valence-electron chi connectivity index (χ1n) is 10.4. The molecule has 6 nitrogen and oxygen atoms in total. The van der Waals surface area contributed by atoms with E-state index < -0.39 is 6.61 Å². The molecule has 0 spiro atoms. The number of alkyl halides is 2. The van der Waals surface area contributed by atoms with Gasteiger partial charge in [-0.15, -0.1) is 24.0 Å². The molecule has 2 aromatic carbocycles. The molecule has 32 heavy (non-hydrogen) atoms. The molecule has 4 rings (SSSR count). The van der Waals surface area contributed by atoms with Crippen molar-refractivity contribution in [3.05, 3.63) is 60.3 Å². The zero-order chi connectivity index (χ0) is 21.6. The number of benzene rings is 2. The highest BCUT2D eigenvalue weighted by atomic mass is 127. The third kappa shape index (κ3) is 5.81. The lowest BCUT2D eigenvalue weighted by molar-refractivity contribution is -0.0495. The Balaban J connectivity index is 0.00000289. The molecule has 2 heterocycles. The highest BCUT2D eigenvalue weighted by Gasteiger charge is 2.26. The van der Waals surface area contributed by atoms with Crippen LogP contribution < -0.4 is 20.3 Å². The van der Waals surface area contributed by atoms with Gasteiger partial charge >= 0.3 is 6.61 Å². The summed E-state index contributed by atoms with van der Waals surface area (Å²) in [5.41, 5.74) is 3.10. The fourth-order valence-electron chi connectivity index (χ4n) is 4.05. The third-order valence-corrected chi connectivity index (χ3v) is 5.54. The van der Waals surface area contributed by atoms with E-state index in [4.69, 9.17) is 0 Å². The number of aromatic nitrogens is 1. The monoisotopic (exact) mass is 555 g/mol. The molecule has 0 radical (unpaired) electrons. The first kappa shape index (κ1) is 24.1. The molecular formula is C23H28F2IN5O. The Kier molecular flexibility index (Phi) is 8.54. The van der Waals surface area contributed by atoms with Gasteiger partial charge in [0.15, 0.2) is 5.96 Å². The van der Waals surface area contributed by atoms with Crippen molar-refractivity contribution in [3.63, 3.8) is 0 Å². The van der Waals surface area contributed by atoms with E-state index in [0.717, 1.165) is 37.4 Å². The fraction of sp³-hybridized carbons (Fsp3) is 0.348. The standard InChI is InChI=1S/C23H27F2N5O.HI/c1-26-23(27-12-10-16-14-28-19-7-3-2-6-18(16)19)29-17-11-13-30(15-17)20-8-4-5-9-21(20)31-22(24)25;/h2-9,14,17,22,28H,10-13,15H2,1H3,(H2,26,27,29);1H. The van der Waals surface area contributed by atoms with Crippen molar-refractivity contribution in [1.82, 2.24) is 15.6 Å². The van der Waals surface area contributed by atoms with E-state index in [1.165, 1.54) is 10.9 Å². The number of nitrogens with zero attached hydrogens (tertiary/aromatic N) is 2. The number of rotatable bonds is 7. The number of anilines is 1. The van der Waals surface area contributed by atoms with Gasteiger partial charge < -0.3 is 25.3 Å². The summed E-state index contributed by atoms with van der Waals surface area (Å²) in [5.74, 6) is 0.947. The molecule has 0 saturated carbocycles. The molecule has 3 aromatic rings. The van der Waals surface area contributed by atoms with Crippen molar-refractivity contribution in [1.29, 1.82) is 0 Å². The first-order chi connectivity index (χ1) is 15.1. The van der Waals surface area contributed by atoms with Gasteiger partial charge in [-0.1, -0.05) is 30.3 Å². The molecule has 172 valence electrons. The van der Waals surface area contributed by atoms with E-state index in [1.807, 2.05) is 24.3 Å². The Labute approximate surface area is 203 Å². The molecule has 9 heteroatoms. The quantitative estimate of drug-likeness (QED) is 0.230. The predicted molar refractivity (Wildman–Crippen MR) is 136 cm³/mol. The zero-order valence-electron chi connectivity index (χ0n) is 17.9. The van der Waals surface area contributed by atoms with Gasteiger partial charge in [-0.05, 0) is 36.6 Å². The number of halogens is 3. The number of aromatic amines is 1. The van der Waals surface area contributed by atoms with Crippen molar-refractivity contribution in [2.24, 2.45) is 4.99 Å². The molecule has 0 aliphatic carbocycles. The molecule has 1 fully saturated rings. The van der Waals surface area contributed by atoms with Crippen LogP contribution in [0.15, 0.2) is 59.7 Å². The van der Waals surface area contributed by atoms with Crippen molar-refractivity contribution in [2.75, 3.05) is 31.6 Å². The molecule has 0 bridgehead atoms. The van der Waals surface area contributed by atoms with Gasteiger partial charge in [-0.25, -0.2) is 0 Å². The maximum Gasteiger partial charge on any atom is 0.387 e. The van der Waals surface area contributed by atoms with Crippen LogP contribution in [0.25, 0.3) is 10.9 Å². The number of ether oxygens (including phenoxy) is 1. The van der Waals surface area contributed by atoms with E-state index >= 15 is 0 Å². The van der Waals surface area contributed by atoms with Gasteiger partial charge in [0.2, 0.25) is 0 Å². The second-order valence-corrected chi connectivity index (χ2v) is 7.53. The second-order valence-electron chi connectivity index (χ2n) is 7.53. The number of H-pyrrole nitrogens is 1. The molecule has 1 aliphatic rings. The summed E-state index contributed by atoms with van der Waals surface area (Å²) in [5, 5.41) is 8.06. The van der Waals surface area contributed by atoms with Crippen LogP contribution >= 0.6 is 24.0 Å². The van der Waals surface area contributed by atoms with E-state index in [1.54, 1.807) is 19.2 Å². The largest absolute Gasteiger partial charge is 0.433 e. The van der Waals surface area contributed by atoms with Gasteiger partial charge in [-0.2, -0.15) is 8.78 Å². The lowest BCUT2D eigenvalue weighted by atomic mass is 10.1. The van der Waals surface area contributed by atoms with E-state index in [9.17, 15) is 8.78 Å². The summed E-state index contributed by atoms with van der Waals surface area (Å²) >= 11 is 0. The number of fused-ring (bicyclic) bond motifs is 1. The van der Waals surface area contributed by atoms with E-state index in [0.29, 0.717) is 12.2 Å². The van der Waals surface area contributed by atoms with Crippen molar-refractivity contribution >= 4 is 46.5 Å². The number of hydrogen-bond acceptors (Lipinski definition) is 3. The van der Waals surface area contributed by atoms with Crippen LogP contribution in [-0.4, -0.2) is 50.3 Å². The van der Waals surface area contributed by atoms with Crippen LogP contribution in [0.3, 0.4) is 0 Å². The van der Waals surface area contributed by atoms with Crippen LogP contribution in [0.4, 0.5) is 14.5 Å². The fourth-order valence-corrected chi connectivity index (χ4v) is 4.05. The minimum absolute atomic E-state index is 0. The van der Waals surface area contributed by atoms with Gasteiger partial charge in [0, 0.05) is 49.8 Å². The minimum Gasteiger partial charge on any atom is -0.433 e. The summed E-state index contributed by atoms with van der Waals surface area (Å²) < 4.78 is 30.1. The Morgan fingerprint density at radius 2 is 2.00 bits per heavy atom. The molecule has 1 saturated heterocycles. The number of guanidine groups is 1. The summed E-state index contributed by atoms with van der Waals surface area (Å²) in [4.78, 5) is 9.70. The highest BCUT2D eigenvalue weighted by molar-refractivity contribution is 14.0. The molecule has 1 unspecified atom stereocenters. The summed E-state index contributed by atoms with van der Waals surface area (Å²) in [6, 6.07) is 15.4. The Morgan fingerprint density at radius 3 is 2.81 bits per heavy atom. The van der Waals surface area contributed by atoms with E-state index in [2.05, 4.69) is 48.6 Å². The average molecular weight is 555 g/mol. The van der Waals surface area contributed by atoms with Crippen LogP contribution in [0, 0.1) is 0 Å². The topological polar surface area (TPSA) is 64.7 Å². The van der Waals surface area contributed by atoms with Crippen molar-refractivity contribution in [3.8, 4) is 5.75 Å². The smallest absolute Gasteiger partial charge is 0.387 e. The lowest BCUT2D eigenvalue weighted by Gasteiger charge is -2.22. The first-order valence-corrected chi connectivity index (χ1v) is 10.4. The predicted octanol–water partition coefficient (Wildman–Crippen LogP) is 4.37. The van der Waals surface area contributed by atoms with Gasteiger partial charge in [0.25, 0.3) is 0 Å². The Morgan fingerprint density at radius 1 is 1.22 bits per heavy atom. The maximum atomic E-state index is 12.7. The van der Waals surface area contributed by atoms with Crippen LogP contribution in [0.5, 0.6) is 5.75 Å². The van der Waals surface area contributed by atoms with Gasteiger partial charge in [0.05, 0.1) is 5.69 Å². The zero-order valence-corrected chi connectivity index (χ0v) is 20.2. The van der Waals surface area contributed by atoms with Crippen LogP contribution in [0.1, 0.15) is 12.0 Å². The Hall–Kier alpha value is -2.56. The molecule has 3 N–H and O–H groups in total. The van der Waals surface area contributed by atoms with E-state index in [-0.39, 0.29) is 35.8 Å². The van der Waals surface area contributed by atoms with Gasteiger partial charge in [-0.3, -0.25) is 4.99 Å². The molecular weight excluding hydrogens is 527 g/mol. The number of aliphatic imine (C=N–C) groups is 1. The average Bonchev–Trinajstić information content (AvgIpc) is 3.40. The normalized spacial score (nSPS) is 16.3. The molecule has 1 aliphatic heterocycles. The van der Waals surface area contributed by atoms with Crippen molar-refractivity contribution in [2.45, 2.75) is 25.5 Å². The second kappa shape index (κ2) is 11.3. The van der Waals surface area contributed by atoms with Crippen molar-refractivity contribution < 1.29 is 13.5 Å². The number of para-hydroxylation sites is 3. The van der Waals surface area contributed by atoms with Crippen LogP contribution in [0.2, 0.25) is 0 Å². The van der Waals surface area contributed by atoms with Gasteiger partial charge in [0.1, 0.15) is 5.75 Å². The van der Waals surface area contributed by atoms with Crippen LogP contribution in [-0.2, 0) is 6.42 Å². The maximum absolute atomic E-state index is 12.7.